The molecule has 2 aliphatic rings. The molecule has 1 aromatic rings. The van der Waals surface area contributed by atoms with Gasteiger partial charge in [0.05, 0.1) is 12.6 Å². The van der Waals surface area contributed by atoms with Gasteiger partial charge >= 0.3 is 0 Å². The van der Waals surface area contributed by atoms with Crippen LogP contribution >= 0.6 is 11.3 Å². The summed E-state index contributed by atoms with van der Waals surface area (Å²) in [6, 6.07) is 4.77. The number of rotatable bonds is 3. The van der Waals surface area contributed by atoms with Gasteiger partial charge in [0.2, 0.25) is 5.91 Å². The van der Waals surface area contributed by atoms with Crippen LogP contribution in [0.3, 0.4) is 0 Å². The monoisotopic (exact) mass is 293 g/mol. The maximum absolute atomic E-state index is 12.6. The standard InChI is InChI=1S/C15H23N3OS/c16-12-4-1-7-17(10-12)11-15(19)18-8-2-5-13(18)14-6-3-9-20-14/h3,6,9,12-13H,1-2,4-5,7-8,10-11,16H2. The molecular weight excluding hydrogens is 270 g/mol. The first-order valence-corrected chi connectivity index (χ1v) is 8.43. The number of carbonyl (C=O) groups is 1. The second-order valence-electron chi connectivity index (χ2n) is 5.90. The third kappa shape index (κ3) is 3.05. The van der Waals surface area contributed by atoms with E-state index in [1.165, 1.54) is 4.88 Å². The summed E-state index contributed by atoms with van der Waals surface area (Å²) >= 11 is 1.76. The zero-order valence-corrected chi connectivity index (χ0v) is 12.6. The number of piperidine rings is 1. The number of carbonyl (C=O) groups excluding carboxylic acids is 1. The summed E-state index contributed by atoms with van der Waals surface area (Å²) < 4.78 is 0. The van der Waals surface area contributed by atoms with Gasteiger partial charge in [-0.15, -0.1) is 11.3 Å². The highest BCUT2D eigenvalue weighted by atomic mass is 32.1. The van der Waals surface area contributed by atoms with Crippen molar-refractivity contribution in [2.45, 2.75) is 37.8 Å². The molecule has 2 atom stereocenters. The van der Waals surface area contributed by atoms with E-state index in [9.17, 15) is 4.79 Å². The van der Waals surface area contributed by atoms with Crippen LogP contribution in [0.4, 0.5) is 0 Å². The molecule has 2 saturated heterocycles. The number of amides is 1. The zero-order valence-electron chi connectivity index (χ0n) is 11.8. The van der Waals surface area contributed by atoms with Gasteiger partial charge in [-0.1, -0.05) is 6.07 Å². The maximum Gasteiger partial charge on any atom is 0.237 e. The van der Waals surface area contributed by atoms with Gasteiger partial charge in [-0.3, -0.25) is 9.69 Å². The smallest absolute Gasteiger partial charge is 0.237 e. The van der Waals surface area contributed by atoms with E-state index >= 15 is 0 Å². The summed E-state index contributed by atoms with van der Waals surface area (Å²) in [6.45, 7) is 3.32. The molecule has 4 nitrogen and oxygen atoms in total. The van der Waals surface area contributed by atoms with Gasteiger partial charge < -0.3 is 10.6 Å². The molecule has 5 heteroatoms. The van der Waals surface area contributed by atoms with E-state index in [1.807, 2.05) is 0 Å². The largest absolute Gasteiger partial charge is 0.334 e. The first-order valence-electron chi connectivity index (χ1n) is 7.55. The fourth-order valence-corrected chi connectivity index (χ4v) is 4.23. The van der Waals surface area contributed by atoms with Gasteiger partial charge in [0.25, 0.3) is 0 Å². The van der Waals surface area contributed by atoms with Crippen LogP contribution in [0.15, 0.2) is 17.5 Å². The Balaban J connectivity index is 1.61. The van der Waals surface area contributed by atoms with Gasteiger partial charge in [0, 0.05) is 24.0 Å². The summed E-state index contributed by atoms with van der Waals surface area (Å²) in [5.41, 5.74) is 5.99. The molecule has 2 unspecified atom stereocenters. The average molecular weight is 293 g/mol. The Morgan fingerprint density at radius 3 is 2.95 bits per heavy atom. The zero-order chi connectivity index (χ0) is 13.9. The molecule has 2 N–H and O–H groups in total. The van der Waals surface area contributed by atoms with Crippen molar-refractivity contribution < 1.29 is 4.79 Å². The predicted octanol–water partition coefficient (Wildman–Crippen LogP) is 1.83. The molecule has 0 bridgehead atoms. The SMILES string of the molecule is NC1CCCN(CC(=O)N2CCCC2c2cccs2)C1. The molecule has 0 aliphatic carbocycles. The van der Waals surface area contributed by atoms with Crippen molar-refractivity contribution in [2.24, 2.45) is 5.73 Å². The van der Waals surface area contributed by atoms with Crippen LogP contribution < -0.4 is 5.73 Å². The van der Waals surface area contributed by atoms with Crippen LogP contribution in [0.2, 0.25) is 0 Å². The molecule has 0 aromatic carbocycles. The second kappa shape index (κ2) is 6.24. The minimum absolute atomic E-state index is 0.239. The maximum atomic E-state index is 12.6. The average Bonchev–Trinajstić information content (AvgIpc) is 3.09. The van der Waals surface area contributed by atoms with E-state index < -0.39 is 0 Å². The molecule has 2 aliphatic heterocycles. The lowest BCUT2D eigenvalue weighted by Crippen LogP contribution is -2.47. The third-order valence-electron chi connectivity index (χ3n) is 4.35. The Morgan fingerprint density at radius 1 is 1.35 bits per heavy atom. The van der Waals surface area contributed by atoms with E-state index in [4.69, 9.17) is 5.73 Å². The quantitative estimate of drug-likeness (QED) is 0.925. The summed E-state index contributed by atoms with van der Waals surface area (Å²) in [6.07, 6.45) is 4.43. The topological polar surface area (TPSA) is 49.6 Å². The highest BCUT2D eigenvalue weighted by molar-refractivity contribution is 7.10. The Labute approximate surface area is 124 Å². The van der Waals surface area contributed by atoms with Crippen LogP contribution in [0.1, 0.15) is 36.6 Å². The van der Waals surface area contributed by atoms with Crippen LogP contribution in [0, 0.1) is 0 Å². The minimum Gasteiger partial charge on any atom is -0.334 e. The van der Waals surface area contributed by atoms with Crippen LogP contribution in [-0.2, 0) is 4.79 Å². The van der Waals surface area contributed by atoms with E-state index in [0.717, 1.165) is 45.3 Å². The second-order valence-corrected chi connectivity index (χ2v) is 6.88. The molecule has 3 heterocycles. The normalized spacial score (nSPS) is 27.9. The summed E-state index contributed by atoms with van der Waals surface area (Å²) in [5, 5.41) is 2.10. The molecule has 1 amide bonds. The first kappa shape index (κ1) is 14.0. The molecule has 0 saturated carbocycles. The van der Waals surface area contributed by atoms with E-state index in [1.54, 1.807) is 11.3 Å². The Hall–Kier alpha value is -0.910. The number of nitrogens with two attached hydrogens (primary N) is 1. The van der Waals surface area contributed by atoms with Gasteiger partial charge in [-0.2, -0.15) is 0 Å². The van der Waals surface area contributed by atoms with Crippen molar-refractivity contribution in [2.75, 3.05) is 26.2 Å². The van der Waals surface area contributed by atoms with E-state index in [0.29, 0.717) is 12.6 Å². The lowest BCUT2D eigenvalue weighted by atomic mass is 10.1. The van der Waals surface area contributed by atoms with Crippen LogP contribution in [0.5, 0.6) is 0 Å². The van der Waals surface area contributed by atoms with Gasteiger partial charge in [0.15, 0.2) is 0 Å². The molecule has 1 aromatic heterocycles. The van der Waals surface area contributed by atoms with Crippen LogP contribution in [0.25, 0.3) is 0 Å². The molecule has 2 fully saturated rings. The van der Waals surface area contributed by atoms with E-state index in [2.05, 4.69) is 27.3 Å². The Kier molecular flexibility index (Phi) is 4.38. The van der Waals surface area contributed by atoms with Gasteiger partial charge in [0.1, 0.15) is 0 Å². The van der Waals surface area contributed by atoms with Gasteiger partial charge in [-0.25, -0.2) is 0 Å². The minimum atomic E-state index is 0.239. The number of likely N-dealkylation sites (tertiary alicyclic amines) is 2. The molecule has 20 heavy (non-hydrogen) atoms. The summed E-state index contributed by atoms with van der Waals surface area (Å²) in [5.74, 6) is 0.273. The summed E-state index contributed by atoms with van der Waals surface area (Å²) in [7, 11) is 0. The fraction of sp³-hybridized carbons (Fsp3) is 0.667. The Bertz CT molecular complexity index is 448. The molecular formula is C15H23N3OS. The lowest BCUT2D eigenvalue weighted by Gasteiger charge is -2.32. The number of thiophene rings is 1. The number of hydrogen-bond donors (Lipinski definition) is 1. The molecule has 0 spiro atoms. The fourth-order valence-electron chi connectivity index (χ4n) is 3.36. The van der Waals surface area contributed by atoms with Crippen molar-refractivity contribution in [3.63, 3.8) is 0 Å². The highest BCUT2D eigenvalue weighted by Crippen LogP contribution is 2.34. The van der Waals surface area contributed by atoms with Crippen molar-refractivity contribution in [3.8, 4) is 0 Å². The number of hydrogen-bond acceptors (Lipinski definition) is 4. The Morgan fingerprint density at radius 2 is 2.20 bits per heavy atom. The van der Waals surface area contributed by atoms with Crippen LogP contribution in [-0.4, -0.2) is 47.9 Å². The molecule has 0 radical (unpaired) electrons. The molecule has 110 valence electrons. The van der Waals surface area contributed by atoms with Crippen molar-refractivity contribution >= 4 is 17.2 Å². The lowest BCUT2D eigenvalue weighted by molar-refractivity contribution is -0.133. The van der Waals surface area contributed by atoms with E-state index in [-0.39, 0.29) is 11.9 Å². The van der Waals surface area contributed by atoms with Crippen molar-refractivity contribution in [3.05, 3.63) is 22.4 Å². The van der Waals surface area contributed by atoms with Crippen molar-refractivity contribution in [1.29, 1.82) is 0 Å². The highest BCUT2D eigenvalue weighted by Gasteiger charge is 2.31. The first-order chi connectivity index (χ1) is 9.74. The summed E-state index contributed by atoms with van der Waals surface area (Å²) in [4.78, 5) is 18.2. The van der Waals surface area contributed by atoms with Gasteiger partial charge in [-0.05, 0) is 43.7 Å². The molecule has 3 rings (SSSR count). The van der Waals surface area contributed by atoms with Crippen molar-refractivity contribution in [1.82, 2.24) is 9.80 Å². The number of nitrogens with zero attached hydrogens (tertiary/aromatic N) is 2. The third-order valence-corrected chi connectivity index (χ3v) is 5.32. The predicted molar refractivity (Wildman–Crippen MR) is 81.7 cm³/mol.